The molecule has 0 spiro atoms. The third-order valence-corrected chi connectivity index (χ3v) is 2.59. The maximum Gasteiger partial charge on any atom is 0.338 e. The molecule has 0 saturated heterocycles. The second-order valence-corrected chi connectivity index (χ2v) is 4.30. The molecule has 17 heavy (non-hydrogen) atoms. The van der Waals surface area contributed by atoms with Crippen LogP contribution in [0.3, 0.4) is 0 Å². The van der Waals surface area contributed by atoms with Crippen LogP contribution < -0.4 is 0 Å². The highest BCUT2D eigenvalue weighted by atomic mass is 16.6. The quantitative estimate of drug-likeness (QED) is 0.582. The number of ether oxygens (including phenoxy) is 2. The van der Waals surface area contributed by atoms with E-state index in [2.05, 4.69) is 0 Å². The van der Waals surface area contributed by atoms with Gasteiger partial charge in [0.1, 0.15) is 6.61 Å². The Morgan fingerprint density at radius 1 is 1.24 bits per heavy atom. The number of carbonyl (C=O) groups excluding carboxylic acids is 1. The number of hydrogen-bond donors (Lipinski definition) is 0. The van der Waals surface area contributed by atoms with E-state index in [0.29, 0.717) is 18.8 Å². The number of hydrogen-bond acceptors (Lipinski definition) is 3. The number of aryl methyl sites for hydroxylation is 1. The Bertz CT molecular complexity index is 383. The van der Waals surface area contributed by atoms with Gasteiger partial charge in [0.15, 0.2) is 0 Å². The Hall–Kier alpha value is -1.35. The molecular weight excluding hydrogens is 216 g/mol. The molecule has 0 heterocycles. The van der Waals surface area contributed by atoms with Crippen LogP contribution >= 0.6 is 0 Å². The predicted molar refractivity (Wildman–Crippen MR) is 67.3 cm³/mol. The SMILES string of the molecule is Cc1cccc(C(=O)OCCOC(C)C)c1C. The van der Waals surface area contributed by atoms with E-state index in [4.69, 9.17) is 9.47 Å². The second kappa shape index (κ2) is 6.40. The number of benzene rings is 1. The molecule has 3 heteroatoms. The molecule has 0 aromatic heterocycles. The summed E-state index contributed by atoms with van der Waals surface area (Å²) in [5, 5.41) is 0. The van der Waals surface area contributed by atoms with Crippen LogP contribution in [-0.2, 0) is 9.47 Å². The van der Waals surface area contributed by atoms with Gasteiger partial charge in [-0.25, -0.2) is 4.79 Å². The highest BCUT2D eigenvalue weighted by Crippen LogP contribution is 2.13. The third kappa shape index (κ3) is 4.19. The first kappa shape index (κ1) is 13.7. The molecule has 0 N–H and O–H groups in total. The second-order valence-electron chi connectivity index (χ2n) is 4.30. The monoisotopic (exact) mass is 236 g/mol. The van der Waals surface area contributed by atoms with E-state index in [0.717, 1.165) is 11.1 Å². The molecule has 0 aliphatic rings. The molecule has 3 nitrogen and oxygen atoms in total. The summed E-state index contributed by atoms with van der Waals surface area (Å²) < 4.78 is 10.5. The first-order valence-corrected chi connectivity index (χ1v) is 5.87. The summed E-state index contributed by atoms with van der Waals surface area (Å²) in [6.45, 7) is 8.54. The first-order valence-electron chi connectivity index (χ1n) is 5.87. The average Bonchev–Trinajstić information content (AvgIpc) is 2.27. The Morgan fingerprint density at radius 3 is 2.59 bits per heavy atom. The van der Waals surface area contributed by atoms with E-state index in [1.165, 1.54) is 0 Å². The number of esters is 1. The summed E-state index contributed by atoms with van der Waals surface area (Å²) in [5.74, 6) is -0.279. The Kier molecular flexibility index (Phi) is 5.16. The third-order valence-electron chi connectivity index (χ3n) is 2.59. The smallest absolute Gasteiger partial charge is 0.338 e. The lowest BCUT2D eigenvalue weighted by Crippen LogP contribution is -2.14. The molecule has 0 radical (unpaired) electrons. The molecule has 1 aromatic carbocycles. The van der Waals surface area contributed by atoms with Gasteiger partial charge in [0.25, 0.3) is 0 Å². The largest absolute Gasteiger partial charge is 0.460 e. The topological polar surface area (TPSA) is 35.5 Å². The summed E-state index contributed by atoms with van der Waals surface area (Å²) in [6, 6.07) is 5.63. The van der Waals surface area contributed by atoms with Crippen LogP contribution in [0.5, 0.6) is 0 Å². The zero-order valence-electron chi connectivity index (χ0n) is 10.9. The molecular formula is C14H20O3. The molecule has 0 fully saturated rings. The van der Waals surface area contributed by atoms with Crippen molar-refractivity contribution < 1.29 is 14.3 Å². The number of carbonyl (C=O) groups is 1. The summed E-state index contributed by atoms with van der Waals surface area (Å²) >= 11 is 0. The summed E-state index contributed by atoms with van der Waals surface area (Å²) in [4.78, 5) is 11.8. The van der Waals surface area contributed by atoms with Gasteiger partial charge in [0.2, 0.25) is 0 Å². The van der Waals surface area contributed by atoms with E-state index in [-0.39, 0.29) is 12.1 Å². The Balaban J connectivity index is 2.50. The van der Waals surface area contributed by atoms with Crippen molar-refractivity contribution in [3.63, 3.8) is 0 Å². The van der Waals surface area contributed by atoms with Gasteiger partial charge in [-0.3, -0.25) is 0 Å². The highest BCUT2D eigenvalue weighted by molar-refractivity contribution is 5.91. The van der Waals surface area contributed by atoms with Crippen molar-refractivity contribution in [3.8, 4) is 0 Å². The van der Waals surface area contributed by atoms with Crippen molar-refractivity contribution in [1.82, 2.24) is 0 Å². The van der Waals surface area contributed by atoms with Crippen LogP contribution in [0.15, 0.2) is 18.2 Å². The molecule has 94 valence electrons. The molecule has 0 bridgehead atoms. The van der Waals surface area contributed by atoms with Gasteiger partial charge >= 0.3 is 5.97 Å². The maximum atomic E-state index is 11.8. The highest BCUT2D eigenvalue weighted by Gasteiger charge is 2.11. The van der Waals surface area contributed by atoms with E-state index in [1.807, 2.05) is 39.8 Å². The van der Waals surface area contributed by atoms with Crippen LogP contribution in [0.25, 0.3) is 0 Å². The lowest BCUT2D eigenvalue weighted by atomic mass is 10.0. The molecule has 1 aromatic rings. The van der Waals surface area contributed by atoms with Crippen molar-refractivity contribution in [2.45, 2.75) is 33.8 Å². The Morgan fingerprint density at radius 2 is 1.94 bits per heavy atom. The normalized spacial score (nSPS) is 10.6. The van der Waals surface area contributed by atoms with E-state index < -0.39 is 0 Å². The molecule has 0 aliphatic carbocycles. The lowest BCUT2D eigenvalue weighted by Gasteiger charge is -2.10. The van der Waals surface area contributed by atoms with Crippen LogP contribution in [0.2, 0.25) is 0 Å². The Labute approximate surface area is 103 Å². The van der Waals surface area contributed by atoms with Crippen LogP contribution in [0.1, 0.15) is 35.3 Å². The molecule has 0 saturated carbocycles. The van der Waals surface area contributed by atoms with E-state index in [9.17, 15) is 4.79 Å². The zero-order chi connectivity index (χ0) is 12.8. The van der Waals surface area contributed by atoms with Crippen LogP contribution in [-0.4, -0.2) is 25.3 Å². The number of rotatable bonds is 5. The minimum atomic E-state index is -0.279. The van der Waals surface area contributed by atoms with Gasteiger partial charge in [-0.15, -0.1) is 0 Å². The summed E-state index contributed by atoms with van der Waals surface area (Å²) in [6.07, 6.45) is 0.161. The summed E-state index contributed by atoms with van der Waals surface area (Å²) in [7, 11) is 0. The van der Waals surface area contributed by atoms with Gasteiger partial charge in [-0.2, -0.15) is 0 Å². The van der Waals surface area contributed by atoms with Gasteiger partial charge < -0.3 is 9.47 Å². The fourth-order valence-corrected chi connectivity index (χ4v) is 1.47. The minimum Gasteiger partial charge on any atom is -0.460 e. The van der Waals surface area contributed by atoms with Crippen molar-refractivity contribution in [2.24, 2.45) is 0 Å². The van der Waals surface area contributed by atoms with E-state index >= 15 is 0 Å². The molecule has 0 amide bonds. The fourth-order valence-electron chi connectivity index (χ4n) is 1.47. The molecule has 0 unspecified atom stereocenters. The minimum absolute atomic E-state index is 0.161. The molecule has 0 atom stereocenters. The van der Waals surface area contributed by atoms with Crippen molar-refractivity contribution in [1.29, 1.82) is 0 Å². The fraction of sp³-hybridized carbons (Fsp3) is 0.500. The maximum absolute atomic E-state index is 11.8. The molecule has 1 rings (SSSR count). The molecule has 0 aliphatic heterocycles. The average molecular weight is 236 g/mol. The van der Waals surface area contributed by atoms with Gasteiger partial charge in [-0.05, 0) is 44.9 Å². The van der Waals surface area contributed by atoms with Gasteiger partial charge in [-0.1, -0.05) is 12.1 Å². The van der Waals surface area contributed by atoms with Gasteiger partial charge in [0, 0.05) is 0 Å². The summed E-state index contributed by atoms with van der Waals surface area (Å²) in [5.41, 5.74) is 2.70. The van der Waals surface area contributed by atoms with Crippen molar-refractivity contribution in [2.75, 3.05) is 13.2 Å². The van der Waals surface area contributed by atoms with Crippen molar-refractivity contribution in [3.05, 3.63) is 34.9 Å². The van der Waals surface area contributed by atoms with E-state index in [1.54, 1.807) is 6.07 Å². The standard InChI is InChI=1S/C14H20O3/c1-10(2)16-8-9-17-14(15)13-7-5-6-11(3)12(13)4/h5-7,10H,8-9H2,1-4H3. The lowest BCUT2D eigenvalue weighted by molar-refractivity contribution is 0.0176. The van der Waals surface area contributed by atoms with Gasteiger partial charge in [0.05, 0.1) is 18.3 Å². The zero-order valence-corrected chi connectivity index (χ0v) is 10.9. The van der Waals surface area contributed by atoms with Crippen LogP contribution in [0.4, 0.5) is 0 Å². The van der Waals surface area contributed by atoms with Crippen molar-refractivity contribution >= 4 is 5.97 Å². The van der Waals surface area contributed by atoms with Crippen LogP contribution in [0, 0.1) is 13.8 Å². The predicted octanol–water partition coefficient (Wildman–Crippen LogP) is 2.89. The first-order chi connectivity index (χ1) is 8.02.